The molecule has 0 radical (unpaired) electrons. The lowest BCUT2D eigenvalue weighted by molar-refractivity contribution is 0.583. The average Bonchev–Trinajstić information content (AvgIpc) is 3.37. The smallest absolute Gasteiger partial charge is 0.227 e. The molecule has 3 aromatic carbocycles. The lowest BCUT2D eigenvalue weighted by Gasteiger charge is -2.23. The fraction of sp³-hybridized carbons (Fsp3) is 0.282. The number of nitrogens with zero attached hydrogens (tertiary/aromatic N) is 2. The number of aryl methyl sites for hydroxylation is 1. The molecule has 0 atom stereocenters. The quantitative estimate of drug-likeness (QED) is 0.212. The number of fused-ring (bicyclic) bond motifs is 3. The van der Waals surface area contributed by atoms with Crippen molar-refractivity contribution in [2.24, 2.45) is 0 Å². The summed E-state index contributed by atoms with van der Waals surface area (Å²) in [5.74, 6) is -1.97. The fourth-order valence-electron chi connectivity index (χ4n) is 5.88. The number of pyridine rings is 2. The molecule has 0 unspecified atom stereocenters. The molecule has 6 rings (SSSR count). The van der Waals surface area contributed by atoms with Crippen LogP contribution in [-0.2, 0) is 5.41 Å². The summed E-state index contributed by atoms with van der Waals surface area (Å²) in [7, 11) is 0. The van der Waals surface area contributed by atoms with Gasteiger partial charge in [0.15, 0.2) is 0 Å². The van der Waals surface area contributed by atoms with Crippen molar-refractivity contribution < 1.29 is 11.3 Å². The van der Waals surface area contributed by atoms with E-state index >= 15 is 0 Å². The summed E-state index contributed by atoms with van der Waals surface area (Å²) < 4.78 is 49.6. The van der Waals surface area contributed by atoms with Crippen LogP contribution in [0.4, 0.5) is 0 Å². The van der Waals surface area contributed by atoms with Crippen LogP contribution >= 0.6 is 0 Å². The second-order valence-corrected chi connectivity index (χ2v) is 12.5. The first kappa shape index (κ1) is 22.4. The molecule has 42 heavy (non-hydrogen) atoms. The molecule has 0 bridgehead atoms. The molecule has 0 aliphatic heterocycles. The molecule has 0 aliphatic rings. The summed E-state index contributed by atoms with van der Waals surface area (Å²) in [5, 5.41) is 1.65. The molecule has 3 nitrogen and oxygen atoms in total. The van der Waals surface area contributed by atoms with E-state index < -0.39 is 24.1 Å². The molecule has 3 aromatic heterocycles. The molecule has 0 aliphatic carbocycles. The van der Waals surface area contributed by atoms with Gasteiger partial charge in [0.2, 0.25) is 5.71 Å². The highest BCUT2D eigenvalue weighted by molar-refractivity contribution is 6.08. The van der Waals surface area contributed by atoms with Crippen molar-refractivity contribution in [1.82, 2.24) is 9.97 Å². The lowest BCUT2D eigenvalue weighted by Crippen LogP contribution is -2.13. The number of furan rings is 1. The van der Waals surface area contributed by atoms with Crippen molar-refractivity contribution in [3.8, 4) is 33.6 Å². The Bertz CT molecular complexity index is 2130. The van der Waals surface area contributed by atoms with Gasteiger partial charge in [-0.3, -0.25) is 4.98 Å². The van der Waals surface area contributed by atoms with Gasteiger partial charge < -0.3 is 4.42 Å². The van der Waals surface area contributed by atoms with Gasteiger partial charge in [-0.1, -0.05) is 103 Å². The first-order valence-corrected chi connectivity index (χ1v) is 14.4. The van der Waals surface area contributed by atoms with Crippen LogP contribution in [0.25, 0.3) is 55.7 Å². The average molecular weight is 558 g/mol. The van der Waals surface area contributed by atoms with Gasteiger partial charge in [0.05, 0.1) is 11.4 Å². The Hall–Kier alpha value is -4.24. The molecule has 0 saturated carbocycles. The number of rotatable bonds is 5. The Morgan fingerprint density at radius 3 is 2.26 bits per heavy atom. The predicted octanol–water partition coefficient (Wildman–Crippen LogP) is 11.2. The number of benzene rings is 3. The first-order valence-electron chi connectivity index (χ1n) is 16.9. The zero-order valence-electron chi connectivity index (χ0n) is 30.4. The summed E-state index contributed by atoms with van der Waals surface area (Å²) in [5.41, 5.74) is 7.63. The van der Waals surface area contributed by atoms with E-state index in [0.29, 0.717) is 33.8 Å². The lowest BCUT2D eigenvalue weighted by atomic mass is 9.82. The second-order valence-electron chi connectivity index (χ2n) is 12.5. The van der Waals surface area contributed by atoms with Gasteiger partial charge in [-0.05, 0) is 81.7 Å². The summed E-state index contributed by atoms with van der Waals surface area (Å²) in [6.45, 7) is 11.1. The minimum absolute atomic E-state index is 0.276. The number of aromatic nitrogens is 2. The highest BCUT2D eigenvalue weighted by Crippen LogP contribution is 2.43. The maximum atomic E-state index is 9.28. The van der Waals surface area contributed by atoms with Crippen LogP contribution in [0.15, 0.2) is 89.5 Å². The molecule has 3 heteroatoms. The van der Waals surface area contributed by atoms with Crippen LogP contribution in [0.3, 0.4) is 0 Å². The van der Waals surface area contributed by atoms with Crippen molar-refractivity contribution in [3.63, 3.8) is 0 Å². The van der Waals surface area contributed by atoms with Gasteiger partial charge >= 0.3 is 0 Å². The van der Waals surface area contributed by atoms with Crippen molar-refractivity contribution in [2.75, 3.05) is 0 Å². The Kier molecular flexibility index (Phi) is 5.62. The molecule has 0 spiro atoms. The topological polar surface area (TPSA) is 38.9 Å². The third-order valence-corrected chi connectivity index (χ3v) is 7.94. The summed E-state index contributed by atoms with van der Waals surface area (Å²) in [6.07, 6.45) is 1.67. The normalized spacial score (nSPS) is 14.8. The Morgan fingerprint density at radius 2 is 1.57 bits per heavy atom. The van der Waals surface area contributed by atoms with Crippen LogP contribution in [0.2, 0.25) is 0 Å². The van der Waals surface area contributed by atoms with Crippen molar-refractivity contribution >= 4 is 22.1 Å². The monoisotopic (exact) mass is 557 g/mol. The largest absolute Gasteiger partial charge is 0.437 e. The Labute approximate surface area is 256 Å². The number of hydrogen-bond donors (Lipinski definition) is 0. The van der Waals surface area contributed by atoms with Crippen molar-refractivity contribution in [3.05, 3.63) is 107 Å². The van der Waals surface area contributed by atoms with Crippen LogP contribution in [-0.4, -0.2) is 9.97 Å². The molecule has 0 amide bonds. The third kappa shape index (κ3) is 4.81. The zero-order chi connectivity index (χ0) is 34.1. The molecule has 212 valence electrons. The van der Waals surface area contributed by atoms with Crippen LogP contribution in [0.1, 0.15) is 89.4 Å². The van der Waals surface area contributed by atoms with Gasteiger partial charge in [-0.2, -0.15) is 0 Å². The van der Waals surface area contributed by atoms with E-state index in [2.05, 4.69) is 0 Å². The predicted molar refractivity (Wildman–Crippen MR) is 177 cm³/mol. The molecule has 0 fully saturated rings. The SMILES string of the molecule is [2H]C([2H])([2H])c1cc(-c2cccc3c2oc2nc(-c4c(C([2H])(C)C)ccc(-c5ccccc5)c4C([2H])(C)C)ccc23)ncc1C(C)(C)C. The molecular weight excluding hydrogens is 512 g/mol. The van der Waals surface area contributed by atoms with E-state index in [0.717, 1.165) is 38.6 Å². The maximum absolute atomic E-state index is 9.28. The van der Waals surface area contributed by atoms with Gasteiger partial charge in [-0.25, -0.2) is 4.98 Å². The van der Waals surface area contributed by atoms with Crippen molar-refractivity contribution in [2.45, 2.75) is 72.5 Å². The fourth-order valence-corrected chi connectivity index (χ4v) is 5.88. The van der Waals surface area contributed by atoms with Gasteiger partial charge in [0.25, 0.3) is 0 Å². The standard InChI is InChI=1S/C39H40N2O/c1-23(2)27-17-18-28(26-13-10-9-11-14-26)35(24(3)4)36(27)33-20-19-30-29-15-12-16-31(37(29)42-38(30)41-33)34-21-25(5)32(22-40-34)39(6,7)8/h9-24H,1-8H3/i5D3,23D,24D. The Balaban J connectivity index is 1.60. The number of hydrogen-bond acceptors (Lipinski definition) is 3. The molecule has 0 saturated heterocycles. The van der Waals surface area contributed by atoms with E-state index in [1.807, 2.05) is 121 Å². The summed E-state index contributed by atoms with van der Waals surface area (Å²) >= 11 is 0. The van der Waals surface area contributed by atoms with E-state index in [4.69, 9.17) is 19.9 Å². The van der Waals surface area contributed by atoms with Gasteiger partial charge in [0, 0.05) is 34.9 Å². The second kappa shape index (κ2) is 10.5. The van der Waals surface area contributed by atoms with Gasteiger partial charge in [0.1, 0.15) is 5.58 Å². The zero-order valence-corrected chi connectivity index (χ0v) is 25.4. The molecule has 3 heterocycles. The maximum Gasteiger partial charge on any atom is 0.227 e. The summed E-state index contributed by atoms with van der Waals surface area (Å²) in [4.78, 5) is 9.78. The van der Waals surface area contributed by atoms with Crippen molar-refractivity contribution in [1.29, 1.82) is 0 Å². The Morgan fingerprint density at radius 1 is 0.786 bits per heavy atom. The van der Waals surface area contributed by atoms with Crippen LogP contribution in [0, 0.1) is 6.85 Å². The van der Waals surface area contributed by atoms with E-state index in [1.54, 1.807) is 12.3 Å². The molecular formula is C39H40N2O. The highest BCUT2D eigenvalue weighted by Gasteiger charge is 2.23. The van der Waals surface area contributed by atoms with Crippen LogP contribution in [0.5, 0.6) is 0 Å². The van der Waals surface area contributed by atoms with E-state index in [-0.39, 0.29) is 5.56 Å². The highest BCUT2D eigenvalue weighted by atomic mass is 16.3. The molecule has 0 N–H and O–H groups in total. The van der Waals surface area contributed by atoms with E-state index in [9.17, 15) is 1.37 Å². The van der Waals surface area contributed by atoms with Crippen LogP contribution < -0.4 is 0 Å². The minimum atomic E-state index is -2.31. The first-order chi connectivity index (χ1) is 21.9. The summed E-state index contributed by atoms with van der Waals surface area (Å²) in [6, 6.07) is 25.4. The van der Waals surface area contributed by atoms with E-state index in [1.165, 1.54) is 0 Å². The molecule has 6 aromatic rings. The van der Waals surface area contributed by atoms with Gasteiger partial charge in [-0.15, -0.1) is 0 Å². The third-order valence-electron chi connectivity index (χ3n) is 7.94. The number of para-hydroxylation sites is 1. The minimum Gasteiger partial charge on any atom is -0.437 e.